The molecule has 2 aromatic carbocycles. The van der Waals surface area contributed by atoms with Crippen LogP contribution in [0.5, 0.6) is 0 Å². The zero-order valence-electron chi connectivity index (χ0n) is 13.1. The number of carbonyl (C=O) groups is 1. The summed E-state index contributed by atoms with van der Waals surface area (Å²) in [6.45, 7) is 1.65. The molecule has 1 aliphatic rings. The van der Waals surface area contributed by atoms with E-state index >= 15 is 0 Å². The smallest absolute Gasteiger partial charge is 0.282 e. The summed E-state index contributed by atoms with van der Waals surface area (Å²) in [7, 11) is -4.29. The maximum Gasteiger partial charge on any atom is 0.301 e. The molecule has 0 aromatic heterocycles. The molecule has 25 heavy (non-hydrogen) atoms. The number of nitrogens with one attached hydrogen (secondary N) is 1. The Morgan fingerprint density at radius 3 is 2.32 bits per heavy atom. The molecule has 1 aliphatic heterocycles. The Bertz CT molecular complexity index is 967. The first-order valence-corrected chi connectivity index (χ1v) is 8.66. The molecule has 2 N–H and O–H groups in total. The average molecular weight is 358 g/mol. The van der Waals surface area contributed by atoms with Crippen LogP contribution in [-0.4, -0.2) is 30.3 Å². The summed E-state index contributed by atoms with van der Waals surface area (Å²) in [6, 6.07) is 14.3. The van der Waals surface area contributed by atoms with E-state index in [2.05, 4.69) is 15.6 Å². The third-order valence-electron chi connectivity index (χ3n) is 3.44. The van der Waals surface area contributed by atoms with Crippen LogP contribution in [0.2, 0.25) is 0 Å². The van der Waals surface area contributed by atoms with Crippen molar-refractivity contribution < 1.29 is 17.8 Å². The van der Waals surface area contributed by atoms with Crippen LogP contribution in [0.1, 0.15) is 6.92 Å². The van der Waals surface area contributed by atoms with Crippen molar-refractivity contribution in [1.82, 2.24) is 0 Å². The van der Waals surface area contributed by atoms with Crippen molar-refractivity contribution in [3.05, 3.63) is 54.6 Å². The van der Waals surface area contributed by atoms with Crippen LogP contribution in [0, 0.1) is 0 Å². The molecule has 0 unspecified atom stereocenters. The predicted molar refractivity (Wildman–Crippen MR) is 94.4 cm³/mol. The Hall–Kier alpha value is -3.04. The number of rotatable bonds is 4. The van der Waals surface area contributed by atoms with Crippen LogP contribution >= 0.6 is 0 Å². The van der Waals surface area contributed by atoms with Gasteiger partial charge in [0.25, 0.3) is 10.1 Å². The fraction of sp³-hybridized carbons (Fsp3) is 0.0625. The highest BCUT2D eigenvalue weighted by Crippen LogP contribution is 2.22. The zero-order chi connectivity index (χ0) is 18.0. The minimum Gasteiger partial charge on any atom is -0.282 e. The van der Waals surface area contributed by atoms with E-state index in [0.717, 1.165) is 10.7 Å². The highest BCUT2D eigenvalue weighted by molar-refractivity contribution is 7.85. The Labute approximate surface area is 144 Å². The number of anilines is 2. The molecule has 128 valence electrons. The number of carbonyl (C=O) groups excluding carboxylic acids is 1. The summed E-state index contributed by atoms with van der Waals surface area (Å²) in [4.78, 5) is 12.2. The van der Waals surface area contributed by atoms with Gasteiger partial charge in [-0.15, -0.1) is 0 Å². The number of hydrazone groups is 2. The van der Waals surface area contributed by atoms with Crippen molar-refractivity contribution in [2.24, 2.45) is 10.2 Å². The fourth-order valence-electron chi connectivity index (χ4n) is 2.19. The maximum absolute atomic E-state index is 12.5. The Kier molecular flexibility index (Phi) is 4.34. The van der Waals surface area contributed by atoms with Gasteiger partial charge in [0.1, 0.15) is 0 Å². The van der Waals surface area contributed by atoms with Gasteiger partial charge in [-0.2, -0.15) is 23.6 Å². The summed E-state index contributed by atoms with van der Waals surface area (Å²) in [5, 5.41) is 9.36. The summed E-state index contributed by atoms with van der Waals surface area (Å²) in [6.07, 6.45) is 0. The van der Waals surface area contributed by atoms with Crippen LogP contribution < -0.4 is 10.4 Å². The third-order valence-corrected chi connectivity index (χ3v) is 4.31. The molecule has 0 saturated heterocycles. The second-order valence-corrected chi connectivity index (χ2v) is 6.63. The first-order valence-electron chi connectivity index (χ1n) is 7.22. The molecule has 0 atom stereocenters. The maximum atomic E-state index is 12.5. The van der Waals surface area contributed by atoms with E-state index in [-0.39, 0.29) is 10.6 Å². The summed E-state index contributed by atoms with van der Waals surface area (Å²) in [5.74, 6) is -0.444. The van der Waals surface area contributed by atoms with Crippen molar-refractivity contribution in [2.45, 2.75) is 11.8 Å². The van der Waals surface area contributed by atoms with E-state index in [1.165, 1.54) is 24.3 Å². The summed E-state index contributed by atoms with van der Waals surface area (Å²) in [5.41, 5.74) is 4.47. The van der Waals surface area contributed by atoms with Crippen LogP contribution in [0.3, 0.4) is 0 Å². The predicted octanol–water partition coefficient (Wildman–Crippen LogP) is 2.12. The van der Waals surface area contributed by atoms with E-state index in [9.17, 15) is 13.2 Å². The molecular weight excluding hydrogens is 344 g/mol. The Morgan fingerprint density at radius 1 is 1.08 bits per heavy atom. The number of benzene rings is 2. The van der Waals surface area contributed by atoms with Gasteiger partial charge in [0, 0.05) is 0 Å². The molecule has 1 heterocycles. The highest BCUT2D eigenvalue weighted by atomic mass is 32.2. The van der Waals surface area contributed by atoms with Crippen LogP contribution in [0.15, 0.2) is 69.7 Å². The van der Waals surface area contributed by atoms with Gasteiger partial charge >= 0.3 is 5.91 Å². The first kappa shape index (κ1) is 16.8. The van der Waals surface area contributed by atoms with Gasteiger partial charge in [0.15, 0.2) is 5.71 Å². The van der Waals surface area contributed by atoms with E-state index < -0.39 is 16.0 Å². The third kappa shape index (κ3) is 3.57. The standard InChI is InChI=1S/C16H14N4O4S/c1-11-15(18-17-12-5-3-2-4-6-12)16(21)20(19-11)13-7-9-14(10-8-13)25(22,23)24/h2-10,17H,1H3,(H,22,23,24). The SMILES string of the molecule is CC1=NN(c2ccc(S(=O)(=O)O)cc2)C(=O)C1=NNc1ccccc1. The van der Waals surface area contributed by atoms with Crippen LogP contribution in [0.4, 0.5) is 11.4 Å². The minimum absolute atomic E-state index is 0.155. The largest absolute Gasteiger partial charge is 0.301 e. The number of para-hydroxylation sites is 1. The monoisotopic (exact) mass is 358 g/mol. The van der Waals surface area contributed by atoms with Gasteiger partial charge in [-0.3, -0.25) is 14.8 Å². The molecule has 0 aliphatic carbocycles. The topological polar surface area (TPSA) is 111 Å². The van der Waals surface area contributed by atoms with E-state index in [1.807, 2.05) is 30.3 Å². The second-order valence-electron chi connectivity index (χ2n) is 5.21. The lowest BCUT2D eigenvalue weighted by Gasteiger charge is -2.11. The van der Waals surface area contributed by atoms with Crippen LogP contribution in [-0.2, 0) is 14.9 Å². The molecule has 9 heteroatoms. The number of amides is 1. The van der Waals surface area contributed by atoms with Crippen molar-refractivity contribution in [3.8, 4) is 0 Å². The lowest BCUT2D eigenvalue weighted by atomic mass is 10.2. The minimum atomic E-state index is -4.29. The van der Waals surface area contributed by atoms with Crippen molar-refractivity contribution in [1.29, 1.82) is 0 Å². The van der Waals surface area contributed by atoms with Gasteiger partial charge in [-0.1, -0.05) is 18.2 Å². The molecule has 1 amide bonds. The number of hydrogen-bond acceptors (Lipinski definition) is 6. The molecule has 0 bridgehead atoms. The van der Waals surface area contributed by atoms with Gasteiger partial charge in [-0.05, 0) is 43.3 Å². The molecule has 0 fully saturated rings. The Balaban J connectivity index is 1.82. The van der Waals surface area contributed by atoms with Gasteiger partial charge in [0.05, 0.1) is 22.0 Å². The summed E-state index contributed by atoms with van der Waals surface area (Å²) < 4.78 is 31.1. The van der Waals surface area contributed by atoms with E-state index in [0.29, 0.717) is 11.4 Å². The lowest BCUT2D eigenvalue weighted by molar-refractivity contribution is -0.112. The second kappa shape index (κ2) is 6.46. The highest BCUT2D eigenvalue weighted by Gasteiger charge is 2.30. The van der Waals surface area contributed by atoms with Gasteiger partial charge < -0.3 is 0 Å². The molecular formula is C16H14N4O4S. The first-order chi connectivity index (χ1) is 11.9. The zero-order valence-corrected chi connectivity index (χ0v) is 13.9. The molecule has 0 spiro atoms. The van der Waals surface area contributed by atoms with E-state index in [4.69, 9.17) is 4.55 Å². The van der Waals surface area contributed by atoms with Gasteiger partial charge in [0.2, 0.25) is 0 Å². The Morgan fingerprint density at radius 2 is 1.72 bits per heavy atom. The van der Waals surface area contributed by atoms with Crippen molar-refractivity contribution in [3.63, 3.8) is 0 Å². The van der Waals surface area contributed by atoms with Gasteiger partial charge in [-0.25, -0.2) is 0 Å². The summed E-state index contributed by atoms with van der Waals surface area (Å²) >= 11 is 0. The molecule has 0 radical (unpaired) electrons. The number of nitrogens with zero attached hydrogens (tertiary/aromatic N) is 3. The van der Waals surface area contributed by atoms with Crippen LogP contribution in [0.25, 0.3) is 0 Å². The molecule has 3 rings (SSSR count). The van der Waals surface area contributed by atoms with E-state index in [1.54, 1.807) is 6.92 Å². The normalized spacial score (nSPS) is 16.2. The lowest BCUT2D eigenvalue weighted by Crippen LogP contribution is -2.27. The molecule has 2 aromatic rings. The molecule has 0 saturated carbocycles. The number of hydrogen-bond donors (Lipinski definition) is 2. The quantitative estimate of drug-likeness (QED) is 0.642. The van der Waals surface area contributed by atoms with Crippen molar-refractivity contribution >= 4 is 38.8 Å². The molecule has 8 nitrogen and oxygen atoms in total. The average Bonchev–Trinajstić information content (AvgIpc) is 2.87. The fourth-order valence-corrected chi connectivity index (χ4v) is 2.67. The van der Waals surface area contributed by atoms with Crippen molar-refractivity contribution in [2.75, 3.05) is 10.4 Å².